The fraction of sp³-hybridized carbons (Fsp3) is 0.471. The van der Waals surface area contributed by atoms with Crippen LogP contribution in [0.4, 0.5) is 4.39 Å². The Labute approximate surface area is 126 Å². The molecule has 0 aliphatic carbocycles. The summed E-state index contributed by atoms with van der Waals surface area (Å²) in [7, 11) is 0. The maximum atomic E-state index is 14.2. The predicted molar refractivity (Wildman–Crippen MR) is 84.8 cm³/mol. The Kier molecular flexibility index (Phi) is 5.12. The zero-order valence-corrected chi connectivity index (χ0v) is 13.3. The van der Waals surface area contributed by atoms with Crippen molar-refractivity contribution in [2.45, 2.75) is 47.2 Å². The molecule has 1 heterocycles. The summed E-state index contributed by atoms with van der Waals surface area (Å²) in [5.41, 5.74) is 4.70. The third kappa shape index (κ3) is 3.32. The van der Waals surface area contributed by atoms with Crippen molar-refractivity contribution >= 4 is 0 Å². The molecule has 0 bridgehead atoms. The highest BCUT2D eigenvalue weighted by Gasteiger charge is 2.14. The van der Waals surface area contributed by atoms with Gasteiger partial charge in [-0.2, -0.15) is 5.10 Å². The van der Waals surface area contributed by atoms with Crippen molar-refractivity contribution in [1.29, 1.82) is 0 Å². The van der Waals surface area contributed by atoms with Gasteiger partial charge in [0.15, 0.2) is 0 Å². The van der Waals surface area contributed by atoms with Gasteiger partial charge in [-0.25, -0.2) is 4.39 Å². The quantitative estimate of drug-likeness (QED) is 0.819. The molecule has 2 aromatic rings. The Hall–Kier alpha value is -1.68. The molecule has 4 heteroatoms. The summed E-state index contributed by atoms with van der Waals surface area (Å²) >= 11 is 0. The Morgan fingerprint density at radius 3 is 2.57 bits per heavy atom. The smallest absolute Gasteiger partial charge is 0.128 e. The molecule has 0 saturated heterocycles. The number of nitrogens with zero attached hydrogens (tertiary/aromatic N) is 2. The SMILES string of the molecule is CCCNCc1ccc(-c2c(C)nn(CC)c2C)cc1F. The van der Waals surface area contributed by atoms with E-state index in [1.54, 1.807) is 6.07 Å². The first-order valence-electron chi connectivity index (χ1n) is 7.62. The van der Waals surface area contributed by atoms with Crippen molar-refractivity contribution in [3.8, 4) is 11.1 Å². The van der Waals surface area contributed by atoms with Crippen molar-refractivity contribution in [2.75, 3.05) is 6.54 Å². The molecule has 21 heavy (non-hydrogen) atoms. The van der Waals surface area contributed by atoms with Gasteiger partial charge in [-0.1, -0.05) is 19.1 Å². The van der Waals surface area contributed by atoms with Gasteiger partial charge in [-0.05, 0) is 45.4 Å². The number of nitrogens with one attached hydrogen (secondary N) is 1. The predicted octanol–water partition coefficient (Wildman–Crippen LogP) is 3.83. The maximum Gasteiger partial charge on any atom is 0.128 e. The zero-order valence-electron chi connectivity index (χ0n) is 13.3. The third-order valence-electron chi connectivity index (χ3n) is 3.76. The Balaban J connectivity index is 2.30. The van der Waals surface area contributed by atoms with Crippen molar-refractivity contribution in [3.05, 3.63) is 41.0 Å². The van der Waals surface area contributed by atoms with Crippen LogP contribution in [0.3, 0.4) is 0 Å². The van der Waals surface area contributed by atoms with Crippen LogP contribution in [0.2, 0.25) is 0 Å². The van der Waals surface area contributed by atoms with Crippen molar-refractivity contribution in [1.82, 2.24) is 15.1 Å². The van der Waals surface area contributed by atoms with Crippen LogP contribution in [0.1, 0.15) is 37.2 Å². The van der Waals surface area contributed by atoms with Crippen molar-refractivity contribution in [3.63, 3.8) is 0 Å². The highest BCUT2D eigenvalue weighted by Crippen LogP contribution is 2.28. The molecule has 3 nitrogen and oxygen atoms in total. The van der Waals surface area contributed by atoms with E-state index >= 15 is 0 Å². The van der Waals surface area contributed by atoms with E-state index in [-0.39, 0.29) is 5.82 Å². The van der Waals surface area contributed by atoms with Gasteiger partial charge in [-0.3, -0.25) is 4.68 Å². The van der Waals surface area contributed by atoms with Crippen molar-refractivity contribution < 1.29 is 4.39 Å². The average molecular weight is 289 g/mol. The molecule has 1 aromatic heterocycles. The van der Waals surface area contributed by atoms with Crippen LogP contribution < -0.4 is 5.32 Å². The summed E-state index contributed by atoms with van der Waals surface area (Å²) in [4.78, 5) is 0. The van der Waals surface area contributed by atoms with Gasteiger partial charge >= 0.3 is 0 Å². The van der Waals surface area contributed by atoms with Gasteiger partial charge in [0.25, 0.3) is 0 Å². The van der Waals surface area contributed by atoms with Gasteiger partial charge in [0.2, 0.25) is 0 Å². The van der Waals surface area contributed by atoms with E-state index in [1.807, 2.05) is 30.7 Å². The van der Waals surface area contributed by atoms with Gasteiger partial charge in [0.05, 0.1) is 5.69 Å². The number of benzene rings is 1. The van der Waals surface area contributed by atoms with E-state index in [1.165, 1.54) is 0 Å². The molecular weight excluding hydrogens is 265 g/mol. The highest BCUT2D eigenvalue weighted by atomic mass is 19.1. The number of rotatable bonds is 6. The Bertz CT molecular complexity index is 617. The maximum absolute atomic E-state index is 14.2. The number of halogens is 1. The number of hydrogen-bond donors (Lipinski definition) is 1. The topological polar surface area (TPSA) is 29.9 Å². The fourth-order valence-corrected chi connectivity index (χ4v) is 2.67. The van der Waals surface area contributed by atoms with E-state index in [0.29, 0.717) is 12.1 Å². The Morgan fingerprint density at radius 2 is 2.00 bits per heavy atom. The van der Waals surface area contributed by atoms with Crippen LogP contribution in [0.15, 0.2) is 18.2 Å². The number of hydrogen-bond acceptors (Lipinski definition) is 2. The minimum absolute atomic E-state index is 0.154. The summed E-state index contributed by atoms with van der Waals surface area (Å²) in [6.45, 7) is 10.5. The monoisotopic (exact) mass is 289 g/mol. The summed E-state index contributed by atoms with van der Waals surface area (Å²) in [5.74, 6) is -0.154. The molecule has 0 saturated carbocycles. The van der Waals surface area contributed by atoms with Crippen LogP contribution in [0, 0.1) is 19.7 Å². The summed E-state index contributed by atoms with van der Waals surface area (Å²) < 4.78 is 16.2. The van der Waals surface area contributed by atoms with E-state index in [4.69, 9.17) is 0 Å². The molecule has 0 aliphatic heterocycles. The molecule has 0 spiro atoms. The standard InChI is InChI=1S/C17H24FN3/c1-5-9-19-11-15-8-7-14(10-16(15)18)17-12(3)20-21(6-2)13(17)4/h7-8,10,19H,5-6,9,11H2,1-4H3. The highest BCUT2D eigenvalue weighted by molar-refractivity contribution is 5.68. The van der Waals surface area contributed by atoms with Crippen LogP contribution in [0.5, 0.6) is 0 Å². The van der Waals surface area contributed by atoms with Gasteiger partial charge < -0.3 is 5.32 Å². The molecule has 114 valence electrons. The average Bonchev–Trinajstić information content (AvgIpc) is 2.75. The molecule has 1 aromatic carbocycles. The zero-order chi connectivity index (χ0) is 15.4. The summed E-state index contributed by atoms with van der Waals surface area (Å²) in [5, 5.41) is 7.73. The first-order chi connectivity index (χ1) is 10.1. The summed E-state index contributed by atoms with van der Waals surface area (Å²) in [6, 6.07) is 5.48. The van der Waals surface area contributed by atoms with E-state index in [2.05, 4.69) is 24.3 Å². The normalized spacial score (nSPS) is 11.1. The molecule has 2 rings (SSSR count). The van der Waals surface area contributed by atoms with E-state index < -0.39 is 0 Å². The van der Waals surface area contributed by atoms with Crippen LogP contribution in [0.25, 0.3) is 11.1 Å². The molecule has 0 radical (unpaired) electrons. The lowest BCUT2D eigenvalue weighted by Gasteiger charge is -2.08. The fourth-order valence-electron chi connectivity index (χ4n) is 2.67. The molecule has 0 aliphatic rings. The second-order valence-corrected chi connectivity index (χ2v) is 5.34. The number of aryl methyl sites for hydroxylation is 2. The van der Waals surface area contributed by atoms with E-state index in [9.17, 15) is 4.39 Å². The van der Waals surface area contributed by atoms with Gasteiger partial charge in [0, 0.05) is 29.9 Å². The molecule has 0 amide bonds. The number of aromatic nitrogens is 2. The van der Waals surface area contributed by atoms with E-state index in [0.717, 1.165) is 42.0 Å². The third-order valence-corrected chi connectivity index (χ3v) is 3.76. The minimum atomic E-state index is -0.154. The lowest BCUT2D eigenvalue weighted by atomic mass is 10.0. The second kappa shape index (κ2) is 6.85. The Morgan fingerprint density at radius 1 is 1.24 bits per heavy atom. The second-order valence-electron chi connectivity index (χ2n) is 5.34. The first-order valence-corrected chi connectivity index (χ1v) is 7.62. The molecule has 0 unspecified atom stereocenters. The first kappa shape index (κ1) is 15.7. The lowest BCUT2D eigenvalue weighted by molar-refractivity contribution is 0.587. The van der Waals surface area contributed by atoms with Crippen molar-refractivity contribution in [2.24, 2.45) is 0 Å². The van der Waals surface area contributed by atoms with Crippen LogP contribution >= 0.6 is 0 Å². The molecule has 0 atom stereocenters. The molecular formula is C17H24FN3. The van der Waals surface area contributed by atoms with Crippen LogP contribution in [-0.4, -0.2) is 16.3 Å². The largest absolute Gasteiger partial charge is 0.313 e. The molecule has 0 fully saturated rings. The minimum Gasteiger partial charge on any atom is -0.313 e. The molecule has 1 N–H and O–H groups in total. The van der Waals surface area contributed by atoms with Crippen LogP contribution in [-0.2, 0) is 13.1 Å². The lowest BCUT2D eigenvalue weighted by Crippen LogP contribution is -2.14. The summed E-state index contributed by atoms with van der Waals surface area (Å²) in [6.07, 6.45) is 1.05. The van der Waals surface area contributed by atoms with Gasteiger partial charge in [0.1, 0.15) is 5.82 Å². The van der Waals surface area contributed by atoms with Gasteiger partial charge in [-0.15, -0.1) is 0 Å².